The lowest BCUT2D eigenvalue weighted by molar-refractivity contribution is -0.142. The van der Waals surface area contributed by atoms with Crippen LogP contribution in [0.25, 0.3) is 33.6 Å². The lowest BCUT2D eigenvalue weighted by Crippen LogP contribution is -2.48. The number of carbonyl (C=O) groups excluding carboxylic acids is 3. The Balaban J connectivity index is 0.859. The fourth-order valence-electron chi connectivity index (χ4n) is 9.16. The Labute approximate surface area is 337 Å². The van der Waals surface area contributed by atoms with E-state index in [0.717, 1.165) is 84.5 Å². The molecular weight excluding hydrogens is 736 g/mol. The van der Waals surface area contributed by atoms with Crippen molar-refractivity contribution in [3.63, 3.8) is 0 Å². The molecule has 0 aliphatic carbocycles. The third kappa shape index (κ3) is 7.56. The highest BCUT2D eigenvalue weighted by molar-refractivity contribution is 5.91. The maximum Gasteiger partial charge on any atom is 0.252 e. The molecule has 4 aliphatic heterocycles. The summed E-state index contributed by atoms with van der Waals surface area (Å²) < 4.78 is 19.8. The topological polar surface area (TPSA) is 140 Å². The van der Waals surface area contributed by atoms with Crippen LogP contribution >= 0.6 is 0 Å². The van der Waals surface area contributed by atoms with Crippen LogP contribution in [0.15, 0.2) is 91.3 Å². The zero-order valence-corrected chi connectivity index (χ0v) is 32.6. The van der Waals surface area contributed by atoms with Crippen molar-refractivity contribution in [2.75, 3.05) is 33.3 Å². The Kier molecular flexibility index (Phi) is 10.6. The van der Waals surface area contributed by atoms with E-state index in [1.165, 1.54) is 0 Å². The highest BCUT2D eigenvalue weighted by Gasteiger charge is 2.41. The first kappa shape index (κ1) is 37.9. The maximum absolute atomic E-state index is 14.3. The minimum absolute atomic E-state index is 0.0578. The van der Waals surface area contributed by atoms with Crippen LogP contribution in [-0.2, 0) is 19.1 Å². The lowest BCUT2D eigenvalue weighted by atomic mass is 10.0. The molecular formula is C45H49FN8O4. The number of halogens is 1. The highest BCUT2D eigenvalue weighted by Crippen LogP contribution is 2.36. The molecule has 12 nitrogen and oxygen atoms in total. The van der Waals surface area contributed by atoms with Crippen LogP contribution in [0, 0.1) is 0 Å². The van der Waals surface area contributed by atoms with Crippen LogP contribution in [-0.4, -0.2) is 104 Å². The SMILES string of the molecule is CN1C[C@H](F)C[C@H]1C(=O)N[C@@H](C(=O)N1CCC[C@H]1c1ncc(-c2ccc(-c3ccc(-c4cnc([C@@H]5CCCN5C(=O)[C@@H]5CCCO5)[nH]4)cc3)cc2)[nH]1)c1ccccc1. The Morgan fingerprint density at radius 2 is 1.33 bits per heavy atom. The lowest BCUT2D eigenvalue weighted by Gasteiger charge is -2.30. The Hall–Kier alpha value is -5.66. The van der Waals surface area contributed by atoms with E-state index in [-0.39, 0.29) is 48.9 Å². The number of hydrogen-bond donors (Lipinski definition) is 3. The van der Waals surface area contributed by atoms with Gasteiger partial charge in [0.2, 0.25) is 11.8 Å². The summed E-state index contributed by atoms with van der Waals surface area (Å²) in [5.41, 5.74) is 6.59. The summed E-state index contributed by atoms with van der Waals surface area (Å²) in [6.45, 7) is 2.13. The standard InChI is InChI=1S/C45H49FN8O4/c1-52-27-33(46)24-38(52)43(55)51-40(32-8-3-2-4-9-32)45(57)54-22-6-11-37(54)42-48-26-35(50-42)31-19-15-29(16-20-31)28-13-17-30(18-14-28)34-25-47-41(49-34)36-10-5-21-53(36)44(56)39-12-7-23-58-39/h2-4,8-9,13-20,25-26,33,36-40H,5-7,10-12,21-24,27H2,1H3,(H,47,49)(H,48,50)(H,51,55)/t33-,36+,37+,38+,39+,40-/m1/s1. The second-order valence-corrected chi connectivity index (χ2v) is 16.0. The number of benzene rings is 3. The number of likely N-dealkylation sites (tertiary alicyclic amines) is 3. The van der Waals surface area contributed by atoms with Crippen molar-refractivity contribution < 1.29 is 23.5 Å². The first-order valence-electron chi connectivity index (χ1n) is 20.5. The van der Waals surface area contributed by atoms with Crippen LogP contribution in [0.1, 0.15) is 80.3 Å². The number of aromatic nitrogens is 4. The first-order chi connectivity index (χ1) is 28.3. The van der Waals surface area contributed by atoms with Crippen molar-refractivity contribution in [1.82, 2.24) is 40.0 Å². The van der Waals surface area contributed by atoms with Gasteiger partial charge in [-0.1, -0.05) is 78.9 Å². The average Bonchev–Trinajstić information content (AvgIpc) is 4.11. The molecule has 0 bridgehead atoms. The van der Waals surface area contributed by atoms with Crippen molar-refractivity contribution in [2.24, 2.45) is 0 Å². The monoisotopic (exact) mass is 784 g/mol. The number of alkyl halides is 1. The largest absolute Gasteiger partial charge is 0.368 e. The first-order valence-corrected chi connectivity index (χ1v) is 20.5. The number of likely N-dealkylation sites (N-methyl/N-ethyl adjacent to an activating group) is 1. The van der Waals surface area contributed by atoms with Crippen LogP contribution < -0.4 is 5.32 Å². The maximum atomic E-state index is 14.3. The van der Waals surface area contributed by atoms with Crippen LogP contribution in [0.4, 0.5) is 4.39 Å². The quantitative estimate of drug-likeness (QED) is 0.146. The van der Waals surface area contributed by atoms with Crippen molar-refractivity contribution in [3.05, 3.63) is 108 Å². The number of H-pyrrole nitrogens is 2. The summed E-state index contributed by atoms with van der Waals surface area (Å²) in [5, 5.41) is 2.97. The van der Waals surface area contributed by atoms with E-state index in [1.54, 1.807) is 11.9 Å². The van der Waals surface area contributed by atoms with Crippen LogP contribution in [0.3, 0.4) is 0 Å². The number of imidazole rings is 2. The number of rotatable bonds is 10. The summed E-state index contributed by atoms with van der Waals surface area (Å²) in [7, 11) is 1.74. The Bertz CT molecular complexity index is 2240. The van der Waals surface area contributed by atoms with E-state index in [0.29, 0.717) is 24.5 Å². The number of ether oxygens (including phenoxy) is 1. The number of nitrogens with one attached hydrogen (secondary N) is 3. The van der Waals surface area contributed by atoms with Gasteiger partial charge in [0.1, 0.15) is 30.0 Å². The van der Waals surface area contributed by atoms with Crippen molar-refractivity contribution in [2.45, 2.75) is 81.4 Å². The highest BCUT2D eigenvalue weighted by atomic mass is 19.1. The van der Waals surface area contributed by atoms with E-state index in [2.05, 4.69) is 63.8 Å². The van der Waals surface area contributed by atoms with Gasteiger partial charge in [0, 0.05) is 32.7 Å². The molecule has 0 radical (unpaired) electrons. The summed E-state index contributed by atoms with van der Waals surface area (Å²) in [4.78, 5) is 62.6. The molecule has 300 valence electrons. The summed E-state index contributed by atoms with van der Waals surface area (Å²) >= 11 is 0. The van der Waals surface area contributed by atoms with E-state index in [9.17, 15) is 18.8 Å². The molecule has 3 N–H and O–H groups in total. The normalized spacial score (nSPS) is 24.1. The molecule has 6 atom stereocenters. The molecule has 0 spiro atoms. The van der Waals surface area contributed by atoms with Crippen molar-refractivity contribution in [1.29, 1.82) is 0 Å². The van der Waals surface area contributed by atoms with E-state index >= 15 is 0 Å². The van der Waals surface area contributed by atoms with Gasteiger partial charge < -0.3 is 29.8 Å². The molecule has 0 unspecified atom stereocenters. The fraction of sp³-hybridized carbons (Fsp3) is 0.400. The molecule has 4 aliphatic rings. The van der Waals surface area contributed by atoms with Gasteiger partial charge in [-0.2, -0.15) is 0 Å². The smallest absolute Gasteiger partial charge is 0.252 e. The molecule has 3 amide bonds. The molecule has 13 heteroatoms. The zero-order chi connectivity index (χ0) is 39.8. The predicted molar refractivity (Wildman–Crippen MR) is 217 cm³/mol. The van der Waals surface area contributed by atoms with Gasteiger partial charge in [-0.3, -0.25) is 19.3 Å². The van der Waals surface area contributed by atoms with Gasteiger partial charge in [-0.15, -0.1) is 0 Å². The second-order valence-electron chi connectivity index (χ2n) is 16.0. The number of amides is 3. The molecule has 4 fully saturated rings. The molecule has 6 heterocycles. The minimum atomic E-state index is -1.07. The Morgan fingerprint density at radius 3 is 1.88 bits per heavy atom. The number of nitrogens with zero attached hydrogens (tertiary/aromatic N) is 5. The van der Waals surface area contributed by atoms with Crippen molar-refractivity contribution >= 4 is 17.7 Å². The fourth-order valence-corrected chi connectivity index (χ4v) is 9.16. The second kappa shape index (κ2) is 16.3. The van der Waals surface area contributed by atoms with E-state index in [4.69, 9.17) is 14.7 Å². The molecule has 2 aromatic heterocycles. The van der Waals surface area contributed by atoms with Crippen molar-refractivity contribution in [3.8, 4) is 33.6 Å². The van der Waals surface area contributed by atoms with Gasteiger partial charge in [-0.05, 0) is 73.4 Å². The third-order valence-corrected chi connectivity index (χ3v) is 12.3. The van der Waals surface area contributed by atoms with Gasteiger partial charge in [0.15, 0.2) is 0 Å². The summed E-state index contributed by atoms with van der Waals surface area (Å²) in [5.74, 6) is 1.05. The van der Waals surface area contributed by atoms with Crippen LogP contribution in [0.5, 0.6) is 0 Å². The predicted octanol–water partition coefficient (Wildman–Crippen LogP) is 6.54. The minimum Gasteiger partial charge on any atom is -0.368 e. The molecule has 3 aromatic carbocycles. The third-order valence-electron chi connectivity index (χ3n) is 12.3. The number of aromatic amines is 2. The molecule has 9 rings (SSSR count). The summed E-state index contributed by atoms with van der Waals surface area (Å²) in [6, 6.07) is 24.1. The average molecular weight is 785 g/mol. The zero-order valence-electron chi connectivity index (χ0n) is 32.6. The van der Waals surface area contributed by atoms with E-state index < -0.39 is 18.3 Å². The van der Waals surface area contributed by atoms with E-state index in [1.807, 2.05) is 52.5 Å². The van der Waals surface area contributed by atoms with Gasteiger partial charge in [0.05, 0.1) is 41.9 Å². The number of hydrogen-bond acceptors (Lipinski definition) is 7. The van der Waals surface area contributed by atoms with Gasteiger partial charge in [-0.25, -0.2) is 14.4 Å². The Morgan fingerprint density at radius 1 is 0.759 bits per heavy atom. The number of carbonyl (C=O) groups is 3. The van der Waals surface area contributed by atoms with Gasteiger partial charge >= 0.3 is 0 Å². The molecule has 58 heavy (non-hydrogen) atoms. The molecule has 0 saturated carbocycles. The van der Waals surface area contributed by atoms with Crippen LogP contribution in [0.2, 0.25) is 0 Å². The summed E-state index contributed by atoms with van der Waals surface area (Å²) in [6.07, 6.45) is 7.49. The molecule has 5 aromatic rings. The van der Waals surface area contributed by atoms with Gasteiger partial charge in [0.25, 0.3) is 5.91 Å². The molecule has 4 saturated heterocycles.